The maximum atomic E-state index is 12.8. The Hall–Kier alpha value is -3.24. The largest absolute Gasteiger partial charge is 0.468 e. The Balaban J connectivity index is 1.36. The molecule has 1 aromatic carbocycles. The fraction of sp³-hybridized carbons (Fsp3) is 0.250. The lowest BCUT2D eigenvalue weighted by molar-refractivity contribution is 0.0746. The van der Waals surface area contributed by atoms with Gasteiger partial charge >= 0.3 is 0 Å². The summed E-state index contributed by atoms with van der Waals surface area (Å²) in [6, 6.07) is 11.1. The highest BCUT2D eigenvalue weighted by Crippen LogP contribution is 2.15. The number of sulfonamides is 1. The van der Waals surface area contributed by atoms with Gasteiger partial charge in [-0.05, 0) is 42.5 Å². The minimum Gasteiger partial charge on any atom is -0.468 e. The fourth-order valence-corrected chi connectivity index (χ4v) is 4.18. The molecule has 30 heavy (non-hydrogen) atoms. The van der Waals surface area contributed by atoms with Crippen molar-refractivity contribution in [2.24, 2.45) is 0 Å². The monoisotopic (exact) mass is 427 g/mol. The van der Waals surface area contributed by atoms with Crippen LogP contribution in [-0.2, 0) is 16.6 Å². The molecular formula is C20H21N5O4S. The summed E-state index contributed by atoms with van der Waals surface area (Å²) in [7, 11) is -3.70. The molecule has 156 valence electrons. The summed E-state index contributed by atoms with van der Waals surface area (Å²) in [4.78, 5) is 25.1. The van der Waals surface area contributed by atoms with Crippen LogP contribution >= 0.6 is 0 Å². The van der Waals surface area contributed by atoms with E-state index in [1.54, 1.807) is 35.5 Å². The number of hydrogen-bond acceptors (Lipinski definition) is 7. The van der Waals surface area contributed by atoms with Gasteiger partial charge in [0, 0.05) is 44.1 Å². The van der Waals surface area contributed by atoms with Crippen LogP contribution in [0.4, 0.5) is 5.95 Å². The molecule has 10 heteroatoms. The van der Waals surface area contributed by atoms with Crippen LogP contribution in [0.15, 0.2) is 70.4 Å². The number of piperazine rings is 1. The third kappa shape index (κ3) is 4.50. The molecular weight excluding hydrogens is 406 g/mol. The SMILES string of the molecule is O=C(c1ccc(S(=O)(=O)NCc2ccco2)cc1)N1CCN(c2ncccn2)CC1. The highest BCUT2D eigenvalue weighted by Gasteiger charge is 2.24. The Kier molecular flexibility index (Phi) is 5.77. The molecule has 0 spiro atoms. The lowest BCUT2D eigenvalue weighted by Crippen LogP contribution is -2.49. The smallest absolute Gasteiger partial charge is 0.253 e. The van der Waals surface area contributed by atoms with Gasteiger partial charge in [0.15, 0.2) is 0 Å². The third-order valence-corrected chi connectivity index (χ3v) is 6.25. The number of carbonyl (C=O) groups is 1. The van der Waals surface area contributed by atoms with E-state index in [9.17, 15) is 13.2 Å². The summed E-state index contributed by atoms with van der Waals surface area (Å²) in [5, 5.41) is 0. The molecule has 2 aromatic heterocycles. The van der Waals surface area contributed by atoms with Crippen LogP contribution in [0.3, 0.4) is 0 Å². The van der Waals surface area contributed by atoms with Crippen molar-refractivity contribution in [3.63, 3.8) is 0 Å². The minimum atomic E-state index is -3.70. The van der Waals surface area contributed by atoms with Gasteiger partial charge < -0.3 is 14.2 Å². The van der Waals surface area contributed by atoms with Crippen LogP contribution in [-0.4, -0.2) is 55.4 Å². The molecule has 0 aliphatic carbocycles. The molecule has 0 atom stereocenters. The normalized spacial score (nSPS) is 14.7. The topological polar surface area (TPSA) is 109 Å². The quantitative estimate of drug-likeness (QED) is 0.635. The summed E-state index contributed by atoms with van der Waals surface area (Å²) >= 11 is 0. The van der Waals surface area contributed by atoms with E-state index in [1.807, 2.05) is 4.90 Å². The summed E-state index contributed by atoms with van der Waals surface area (Å²) < 4.78 is 32.4. The van der Waals surface area contributed by atoms with Gasteiger partial charge in [0.25, 0.3) is 5.91 Å². The Morgan fingerprint density at radius 1 is 1.00 bits per heavy atom. The van der Waals surface area contributed by atoms with Gasteiger partial charge in [-0.2, -0.15) is 0 Å². The first kappa shape index (κ1) is 20.0. The molecule has 3 aromatic rings. The molecule has 0 radical (unpaired) electrons. The average molecular weight is 427 g/mol. The van der Waals surface area contributed by atoms with E-state index in [1.165, 1.54) is 30.5 Å². The van der Waals surface area contributed by atoms with Crippen LogP contribution in [0.25, 0.3) is 0 Å². The van der Waals surface area contributed by atoms with E-state index in [0.717, 1.165) is 0 Å². The number of nitrogens with one attached hydrogen (secondary N) is 1. The van der Waals surface area contributed by atoms with E-state index < -0.39 is 10.0 Å². The number of rotatable bonds is 6. The number of anilines is 1. The summed E-state index contributed by atoms with van der Waals surface area (Å²) in [6.45, 7) is 2.42. The van der Waals surface area contributed by atoms with Crippen LogP contribution < -0.4 is 9.62 Å². The highest BCUT2D eigenvalue weighted by molar-refractivity contribution is 7.89. The van der Waals surface area contributed by atoms with Crippen LogP contribution in [0.5, 0.6) is 0 Å². The number of carbonyl (C=O) groups excluding carboxylic acids is 1. The molecule has 0 saturated carbocycles. The second-order valence-corrected chi connectivity index (χ2v) is 8.52. The van der Waals surface area contributed by atoms with E-state index in [-0.39, 0.29) is 17.3 Å². The van der Waals surface area contributed by atoms with Crippen molar-refractivity contribution in [3.05, 3.63) is 72.4 Å². The zero-order valence-electron chi connectivity index (χ0n) is 16.1. The summed E-state index contributed by atoms with van der Waals surface area (Å²) in [6.07, 6.45) is 4.87. The lowest BCUT2D eigenvalue weighted by atomic mass is 10.2. The van der Waals surface area contributed by atoms with Crippen molar-refractivity contribution >= 4 is 21.9 Å². The van der Waals surface area contributed by atoms with Gasteiger partial charge in [-0.1, -0.05) is 0 Å². The number of aromatic nitrogens is 2. The predicted molar refractivity (Wildman–Crippen MR) is 109 cm³/mol. The first-order chi connectivity index (χ1) is 14.5. The molecule has 4 rings (SSSR count). The van der Waals surface area contributed by atoms with E-state index >= 15 is 0 Å². The molecule has 1 saturated heterocycles. The molecule has 1 aliphatic heterocycles. The number of amides is 1. The third-order valence-electron chi connectivity index (χ3n) is 4.83. The zero-order chi connectivity index (χ0) is 21.0. The van der Waals surface area contributed by atoms with Gasteiger partial charge in [-0.3, -0.25) is 4.79 Å². The molecule has 1 aliphatic rings. The fourth-order valence-electron chi connectivity index (χ4n) is 3.19. The highest BCUT2D eigenvalue weighted by atomic mass is 32.2. The van der Waals surface area contributed by atoms with Gasteiger partial charge in [-0.15, -0.1) is 0 Å². The predicted octanol–water partition coefficient (Wildman–Crippen LogP) is 1.51. The minimum absolute atomic E-state index is 0.0609. The zero-order valence-corrected chi connectivity index (χ0v) is 17.0. The molecule has 9 nitrogen and oxygen atoms in total. The number of furan rings is 1. The summed E-state index contributed by atoms with van der Waals surface area (Å²) in [5.41, 5.74) is 0.449. The summed E-state index contributed by atoms with van der Waals surface area (Å²) in [5.74, 6) is 1.04. The lowest BCUT2D eigenvalue weighted by Gasteiger charge is -2.34. The number of nitrogens with zero attached hydrogens (tertiary/aromatic N) is 4. The van der Waals surface area contributed by atoms with Crippen molar-refractivity contribution in [3.8, 4) is 0 Å². The van der Waals surface area contributed by atoms with Crippen molar-refractivity contribution in [1.82, 2.24) is 19.6 Å². The van der Waals surface area contributed by atoms with Crippen molar-refractivity contribution in [2.45, 2.75) is 11.4 Å². The maximum Gasteiger partial charge on any atom is 0.253 e. The van der Waals surface area contributed by atoms with Gasteiger partial charge in [-0.25, -0.2) is 23.1 Å². The first-order valence-electron chi connectivity index (χ1n) is 9.46. The van der Waals surface area contributed by atoms with Crippen molar-refractivity contribution in [2.75, 3.05) is 31.1 Å². The van der Waals surface area contributed by atoms with Crippen molar-refractivity contribution in [1.29, 1.82) is 0 Å². The molecule has 0 unspecified atom stereocenters. The van der Waals surface area contributed by atoms with Crippen LogP contribution in [0.2, 0.25) is 0 Å². The average Bonchev–Trinajstić information content (AvgIpc) is 3.32. The van der Waals surface area contributed by atoms with Crippen LogP contribution in [0.1, 0.15) is 16.1 Å². The Morgan fingerprint density at radius 3 is 2.33 bits per heavy atom. The van der Waals surface area contributed by atoms with Crippen molar-refractivity contribution < 1.29 is 17.6 Å². The Bertz CT molecular complexity index is 1080. The van der Waals surface area contributed by atoms with E-state index in [0.29, 0.717) is 43.5 Å². The maximum absolute atomic E-state index is 12.8. The Labute approximate surface area is 174 Å². The molecule has 1 fully saturated rings. The first-order valence-corrected chi connectivity index (χ1v) is 10.9. The molecule has 3 heterocycles. The second-order valence-electron chi connectivity index (χ2n) is 6.76. The molecule has 1 N–H and O–H groups in total. The number of hydrogen-bond donors (Lipinski definition) is 1. The van der Waals surface area contributed by atoms with Gasteiger partial charge in [0.05, 0.1) is 17.7 Å². The molecule has 1 amide bonds. The van der Waals surface area contributed by atoms with Gasteiger partial charge in [0.1, 0.15) is 5.76 Å². The standard InChI is InChI=1S/C20H21N5O4S/c26-19(24-10-12-25(13-11-24)20-21-8-2-9-22-20)16-4-6-18(7-5-16)30(27,28)23-15-17-3-1-14-29-17/h1-9,14,23H,10-13,15H2. The molecule has 0 bridgehead atoms. The van der Waals surface area contributed by atoms with E-state index in [4.69, 9.17) is 4.42 Å². The van der Waals surface area contributed by atoms with Gasteiger partial charge in [0.2, 0.25) is 16.0 Å². The van der Waals surface area contributed by atoms with Crippen LogP contribution in [0, 0.1) is 0 Å². The van der Waals surface area contributed by atoms with E-state index in [2.05, 4.69) is 14.7 Å². The Morgan fingerprint density at radius 2 is 1.70 bits per heavy atom. The number of benzene rings is 1. The second kappa shape index (κ2) is 8.64.